The number of alkyl halides is 2. The van der Waals surface area contributed by atoms with Gasteiger partial charge in [-0.2, -0.15) is 0 Å². The molecule has 1 aliphatic heterocycles. The smallest absolute Gasteiger partial charge is 0.305 e. The largest absolute Gasteiger partial charge is 0.469 e. The van der Waals surface area contributed by atoms with Crippen molar-refractivity contribution in [1.29, 1.82) is 0 Å². The fourth-order valence-corrected chi connectivity index (χ4v) is 3.97. The van der Waals surface area contributed by atoms with Gasteiger partial charge >= 0.3 is 5.97 Å². The van der Waals surface area contributed by atoms with Crippen LogP contribution in [0.2, 0.25) is 0 Å². The molecule has 2 fully saturated rings. The molecule has 1 heterocycles. The molecule has 0 N–H and O–H groups in total. The number of ether oxygens (including phenoxy) is 1. The summed E-state index contributed by atoms with van der Waals surface area (Å²) in [5.41, 5.74) is 0.570. The molecular formula is C18H33F2NO2. The maximum atomic E-state index is 11.4. The molecule has 1 saturated heterocycles. The molecule has 1 spiro atoms. The standard InChI is InChI=1S/C17H31NO2.CH2F2/c1-4-14(2)12-18-10-9-17(13-18)7-5-15(6-8-17)11-16(19)20-3;2-1-3/h14-15H,4-13H2,1-3H3;1H2. The zero-order valence-electron chi connectivity index (χ0n) is 15.0. The molecule has 1 aliphatic carbocycles. The summed E-state index contributed by atoms with van der Waals surface area (Å²) in [5.74, 6) is 1.35. The van der Waals surface area contributed by atoms with Crippen molar-refractivity contribution in [2.24, 2.45) is 17.3 Å². The van der Waals surface area contributed by atoms with Crippen LogP contribution in [0.3, 0.4) is 0 Å². The summed E-state index contributed by atoms with van der Waals surface area (Å²) in [6.45, 7) is 6.74. The second-order valence-electron chi connectivity index (χ2n) is 7.32. The number of carbonyl (C=O) groups is 1. The van der Waals surface area contributed by atoms with E-state index >= 15 is 0 Å². The highest BCUT2D eigenvalue weighted by atomic mass is 19.3. The summed E-state index contributed by atoms with van der Waals surface area (Å²) < 4.78 is 24.0. The van der Waals surface area contributed by atoms with Gasteiger partial charge in [-0.25, -0.2) is 8.78 Å². The second-order valence-corrected chi connectivity index (χ2v) is 7.32. The third-order valence-electron chi connectivity index (χ3n) is 5.63. The van der Waals surface area contributed by atoms with Crippen LogP contribution >= 0.6 is 0 Å². The number of esters is 1. The molecule has 0 bridgehead atoms. The van der Waals surface area contributed by atoms with Gasteiger partial charge in [-0.15, -0.1) is 0 Å². The van der Waals surface area contributed by atoms with Crippen LogP contribution < -0.4 is 0 Å². The predicted molar refractivity (Wildman–Crippen MR) is 88.6 cm³/mol. The zero-order chi connectivity index (χ0) is 17.3. The van der Waals surface area contributed by atoms with Crippen molar-refractivity contribution in [1.82, 2.24) is 4.90 Å². The highest BCUT2D eigenvalue weighted by Crippen LogP contribution is 2.46. The highest BCUT2D eigenvalue weighted by Gasteiger charge is 2.41. The lowest BCUT2D eigenvalue weighted by molar-refractivity contribution is -0.142. The van der Waals surface area contributed by atoms with Crippen LogP contribution in [0.5, 0.6) is 0 Å². The number of halogens is 2. The summed E-state index contributed by atoms with van der Waals surface area (Å²) in [7, 11) is 1.50. The van der Waals surface area contributed by atoms with E-state index in [1.165, 1.54) is 65.3 Å². The molecule has 5 heteroatoms. The van der Waals surface area contributed by atoms with Gasteiger partial charge in [-0.3, -0.25) is 4.79 Å². The first-order valence-corrected chi connectivity index (χ1v) is 8.89. The van der Waals surface area contributed by atoms with Crippen molar-refractivity contribution in [2.45, 2.75) is 58.8 Å². The molecule has 0 aromatic heterocycles. The Hall–Kier alpha value is -0.710. The Labute approximate surface area is 139 Å². The van der Waals surface area contributed by atoms with E-state index in [1.807, 2.05) is 0 Å². The minimum absolute atomic E-state index is 0.0317. The molecule has 1 unspecified atom stereocenters. The van der Waals surface area contributed by atoms with Crippen molar-refractivity contribution in [3.05, 3.63) is 0 Å². The maximum Gasteiger partial charge on any atom is 0.305 e. The van der Waals surface area contributed by atoms with E-state index in [1.54, 1.807) is 0 Å². The molecule has 0 amide bonds. The Morgan fingerprint density at radius 1 is 1.30 bits per heavy atom. The molecule has 136 valence electrons. The lowest BCUT2D eigenvalue weighted by atomic mass is 9.69. The zero-order valence-corrected chi connectivity index (χ0v) is 15.0. The third kappa shape index (κ3) is 6.74. The number of nitrogens with zero attached hydrogens (tertiary/aromatic N) is 1. The molecule has 1 atom stereocenters. The SMILES string of the molecule is CCC(C)CN1CCC2(CCC(CC(=O)OC)CC2)C1.FCF. The highest BCUT2D eigenvalue weighted by molar-refractivity contribution is 5.69. The molecule has 23 heavy (non-hydrogen) atoms. The normalized spacial score (nSPS) is 29.0. The molecule has 2 aliphatic rings. The van der Waals surface area contributed by atoms with Gasteiger partial charge in [0.25, 0.3) is 0 Å². The van der Waals surface area contributed by atoms with Gasteiger partial charge < -0.3 is 9.64 Å². The minimum atomic E-state index is -1.75. The van der Waals surface area contributed by atoms with E-state index in [0.717, 1.165) is 5.92 Å². The average Bonchev–Trinajstić information content (AvgIpc) is 2.93. The van der Waals surface area contributed by atoms with Gasteiger partial charge in [-0.1, -0.05) is 20.3 Å². The minimum Gasteiger partial charge on any atom is -0.469 e. The first kappa shape index (κ1) is 20.3. The molecule has 2 rings (SSSR count). The summed E-state index contributed by atoms with van der Waals surface area (Å²) in [4.78, 5) is 14.0. The van der Waals surface area contributed by atoms with Gasteiger partial charge in [0.2, 0.25) is 6.93 Å². The molecule has 0 aromatic carbocycles. The Kier molecular flexibility index (Phi) is 9.03. The summed E-state index contributed by atoms with van der Waals surface area (Å²) in [6.07, 6.45) is 8.33. The van der Waals surface area contributed by atoms with Gasteiger partial charge in [0, 0.05) is 19.5 Å². The lowest BCUT2D eigenvalue weighted by Crippen LogP contribution is -2.33. The van der Waals surface area contributed by atoms with Crippen LogP contribution in [0, 0.1) is 17.3 Å². The van der Waals surface area contributed by atoms with Crippen LogP contribution in [0.25, 0.3) is 0 Å². The van der Waals surface area contributed by atoms with Crippen molar-refractivity contribution in [3.63, 3.8) is 0 Å². The maximum absolute atomic E-state index is 11.4. The number of hydrogen-bond acceptors (Lipinski definition) is 3. The van der Waals surface area contributed by atoms with Crippen LogP contribution in [0.1, 0.15) is 58.8 Å². The predicted octanol–water partition coefficient (Wildman–Crippen LogP) is 4.36. The summed E-state index contributed by atoms with van der Waals surface area (Å²) >= 11 is 0. The first-order valence-electron chi connectivity index (χ1n) is 8.89. The fourth-order valence-electron chi connectivity index (χ4n) is 3.97. The Balaban J connectivity index is 0.000000816. The molecular weight excluding hydrogens is 300 g/mol. The van der Waals surface area contributed by atoms with Crippen LogP contribution in [-0.2, 0) is 9.53 Å². The van der Waals surface area contributed by atoms with E-state index in [4.69, 9.17) is 4.74 Å². The number of rotatable bonds is 5. The molecule has 1 saturated carbocycles. The van der Waals surface area contributed by atoms with E-state index in [2.05, 4.69) is 18.7 Å². The van der Waals surface area contributed by atoms with Crippen molar-refractivity contribution >= 4 is 5.97 Å². The van der Waals surface area contributed by atoms with Crippen molar-refractivity contribution in [2.75, 3.05) is 33.7 Å². The van der Waals surface area contributed by atoms with E-state index < -0.39 is 6.93 Å². The molecule has 0 radical (unpaired) electrons. The van der Waals surface area contributed by atoms with Crippen LogP contribution in [-0.4, -0.2) is 44.5 Å². The third-order valence-corrected chi connectivity index (χ3v) is 5.63. The van der Waals surface area contributed by atoms with Gasteiger partial charge in [0.15, 0.2) is 0 Å². The molecule has 3 nitrogen and oxygen atoms in total. The van der Waals surface area contributed by atoms with Gasteiger partial charge in [0.05, 0.1) is 7.11 Å². The molecule has 0 aromatic rings. The number of likely N-dealkylation sites (tertiary alicyclic amines) is 1. The topological polar surface area (TPSA) is 29.5 Å². The first-order chi connectivity index (χ1) is 11.0. The van der Waals surface area contributed by atoms with E-state index in [0.29, 0.717) is 17.8 Å². The fraction of sp³-hybridized carbons (Fsp3) is 0.944. The van der Waals surface area contributed by atoms with Crippen LogP contribution in [0.4, 0.5) is 8.78 Å². The number of carbonyl (C=O) groups excluding carboxylic acids is 1. The quantitative estimate of drug-likeness (QED) is 0.700. The number of hydrogen-bond donors (Lipinski definition) is 0. The Morgan fingerprint density at radius 3 is 2.43 bits per heavy atom. The Bertz CT molecular complexity index is 344. The summed E-state index contributed by atoms with van der Waals surface area (Å²) in [5, 5.41) is 0. The van der Waals surface area contributed by atoms with E-state index in [9.17, 15) is 13.6 Å². The van der Waals surface area contributed by atoms with Crippen LogP contribution in [0.15, 0.2) is 0 Å². The second kappa shape index (κ2) is 10.2. The van der Waals surface area contributed by atoms with Crippen molar-refractivity contribution in [3.8, 4) is 0 Å². The Morgan fingerprint density at radius 2 is 1.91 bits per heavy atom. The lowest BCUT2D eigenvalue weighted by Gasteiger charge is -2.37. The number of methoxy groups -OCH3 is 1. The van der Waals surface area contributed by atoms with Gasteiger partial charge in [-0.05, 0) is 55.9 Å². The van der Waals surface area contributed by atoms with Crippen molar-refractivity contribution < 1.29 is 18.3 Å². The summed E-state index contributed by atoms with van der Waals surface area (Å²) in [6, 6.07) is 0. The van der Waals surface area contributed by atoms with E-state index in [-0.39, 0.29) is 5.97 Å². The monoisotopic (exact) mass is 333 g/mol. The van der Waals surface area contributed by atoms with Gasteiger partial charge in [0.1, 0.15) is 0 Å². The average molecular weight is 333 g/mol.